The Hall–Kier alpha value is -3.56. The minimum Gasteiger partial charge on any atom is -0.457 e. The van der Waals surface area contributed by atoms with Gasteiger partial charge in [-0.15, -0.1) is 0 Å². The molecule has 2 aliphatic rings. The fraction of sp³-hybridized carbons (Fsp3) is 0.200. The van der Waals surface area contributed by atoms with Crippen LogP contribution in [0.25, 0.3) is 0 Å². The maximum atomic E-state index is 12.4. The Kier molecular flexibility index (Phi) is 4.61. The number of carbonyl (C=O) groups excluding carboxylic acids is 4. The van der Waals surface area contributed by atoms with E-state index in [-0.39, 0.29) is 60.1 Å². The molecule has 9 heteroatoms. The number of aliphatic hydroxyl groups excluding tert-OH is 2. The van der Waals surface area contributed by atoms with Crippen LogP contribution in [0.15, 0.2) is 36.4 Å². The number of carbonyl (C=O) groups is 4. The van der Waals surface area contributed by atoms with Crippen molar-refractivity contribution < 1.29 is 34.1 Å². The van der Waals surface area contributed by atoms with Crippen LogP contribution in [0.3, 0.4) is 0 Å². The average molecular weight is 396 g/mol. The second-order valence-electron chi connectivity index (χ2n) is 6.49. The molecule has 0 bridgehead atoms. The summed E-state index contributed by atoms with van der Waals surface area (Å²) in [4.78, 5) is 51.1. The normalized spacial score (nSPS) is 15.2. The molecule has 148 valence electrons. The van der Waals surface area contributed by atoms with Gasteiger partial charge in [-0.1, -0.05) is 0 Å². The van der Waals surface area contributed by atoms with Crippen LogP contribution in [-0.4, -0.2) is 69.9 Å². The standard InChI is InChI=1S/C20H16N2O7/c23-7-5-21-17(25)13-3-1-11(9-15(13)19(21)27)29-12-2-4-14-16(10-12)20(28)22(6-8-24)18(14)26/h1-4,9-10,23-24H,5-8H2. The molecule has 4 amide bonds. The summed E-state index contributed by atoms with van der Waals surface area (Å²) in [5.41, 5.74) is 0.792. The number of hydrogen-bond donors (Lipinski definition) is 2. The molecule has 0 aliphatic carbocycles. The van der Waals surface area contributed by atoms with Crippen molar-refractivity contribution >= 4 is 23.6 Å². The lowest BCUT2D eigenvalue weighted by Gasteiger charge is -2.10. The number of amides is 4. The summed E-state index contributed by atoms with van der Waals surface area (Å²) in [7, 11) is 0. The summed E-state index contributed by atoms with van der Waals surface area (Å²) in [5, 5.41) is 18.0. The molecular formula is C20H16N2O7. The predicted molar refractivity (Wildman–Crippen MR) is 97.9 cm³/mol. The van der Waals surface area contributed by atoms with Gasteiger partial charge >= 0.3 is 0 Å². The Morgan fingerprint density at radius 1 is 0.621 bits per heavy atom. The highest BCUT2D eigenvalue weighted by Gasteiger charge is 2.36. The first-order valence-electron chi connectivity index (χ1n) is 8.86. The SMILES string of the molecule is O=C1c2ccc(Oc3ccc4c(c3)C(=O)N(CCO)C4=O)cc2C(=O)N1CCO. The smallest absolute Gasteiger partial charge is 0.261 e. The summed E-state index contributed by atoms with van der Waals surface area (Å²) < 4.78 is 5.72. The van der Waals surface area contributed by atoms with E-state index in [4.69, 9.17) is 14.9 Å². The summed E-state index contributed by atoms with van der Waals surface area (Å²) in [6.45, 7) is -0.838. The number of β-amino-alcohol motifs (C(OH)–C–C–N with tert-alkyl or cyclic N) is 2. The van der Waals surface area contributed by atoms with Gasteiger partial charge in [0.2, 0.25) is 0 Å². The molecule has 0 fully saturated rings. The van der Waals surface area contributed by atoms with Gasteiger partial charge in [0.05, 0.1) is 48.6 Å². The third-order valence-corrected chi connectivity index (χ3v) is 4.77. The maximum Gasteiger partial charge on any atom is 0.261 e. The Morgan fingerprint density at radius 2 is 1.00 bits per heavy atom. The molecule has 0 saturated carbocycles. The van der Waals surface area contributed by atoms with Gasteiger partial charge in [0.25, 0.3) is 23.6 Å². The summed E-state index contributed by atoms with van der Waals surface area (Å²) in [6, 6.07) is 8.81. The fourth-order valence-corrected chi connectivity index (χ4v) is 3.41. The zero-order chi connectivity index (χ0) is 20.7. The second kappa shape index (κ2) is 7.12. The van der Waals surface area contributed by atoms with Crippen LogP contribution in [0, 0.1) is 0 Å². The summed E-state index contributed by atoms with van der Waals surface area (Å²) in [5.74, 6) is -1.43. The van der Waals surface area contributed by atoms with E-state index in [0.717, 1.165) is 9.80 Å². The van der Waals surface area contributed by atoms with E-state index >= 15 is 0 Å². The van der Waals surface area contributed by atoms with E-state index in [0.29, 0.717) is 0 Å². The van der Waals surface area contributed by atoms with Crippen molar-refractivity contribution in [3.05, 3.63) is 58.7 Å². The van der Waals surface area contributed by atoms with E-state index in [1.54, 1.807) is 0 Å². The van der Waals surface area contributed by atoms with Crippen molar-refractivity contribution in [2.24, 2.45) is 0 Å². The third-order valence-electron chi connectivity index (χ3n) is 4.77. The monoisotopic (exact) mass is 396 g/mol. The van der Waals surface area contributed by atoms with Crippen molar-refractivity contribution in [1.82, 2.24) is 9.80 Å². The molecule has 0 aromatic heterocycles. The van der Waals surface area contributed by atoms with Crippen molar-refractivity contribution in [1.29, 1.82) is 0 Å². The Bertz CT molecular complexity index is 979. The molecule has 0 spiro atoms. The van der Waals surface area contributed by atoms with Crippen LogP contribution in [0.2, 0.25) is 0 Å². The topological polar surface area (TPSA) is 124 Å². The number of fused-ring (bicyclic) bond motifs is 2. The molecule has 9 nitrogen and oxygen atoms in total. The fourth-order valence-electron chi connectivity index (χ4n) is 3.41. The zero-order valence-corrected chi connectivity index (χ0v) is 15.1. The minimum atomic E-state index is -0.515. The first-order valence-corrected chi connectivity index (χ1v) is 8.86. The lowest BCUT2D eigenvalue weighted by atomic mass is 10.1. The van der Waals surface area contributed by atoms with E-state index < -0.39 is 23.6 Å². The highest BCUT2D eigenvalue weighted by molar-refractivity contribution is 6.22. The summed E-state index contributed by atoms with van der Waals surface area (Å²) in [6.07, 6.45) is 0. The van der Waals surface area contributed by atoms with Crippen LogP contribution in [0.4, 0.5) is 0 Å². The number of aliphatic hydroxyl groups is 2. The molecule has 0 saturated heterocycles. The largest absolute Gasteiger partial charge is 0.457 e. The molecular weight excluding hydrogens is 380 g/mol. The van der Waals surface area contributed by atoms with E-state index in [1.807, 2.05) is 0 Å². The van der Waals surface area contributed by atoms with Gasteiger partial charge in [-0.2, -0.15) is 0 Å². The molecule has 29 heavy (non-hydrogen) atoms. The minimum absolute atomic E-state index is 0.0894. The lowest BCUT2D eigenvalue weighted by Crippen LogP contribution is -2.32. The number of nitrogens with zero attached hydrogens (tertiary/aromatic N) is 2. The van der Waals surface area contributed by atoms with E-state index in [1.165, 1.54) is 36.4 Å². The van der Waals surface area contributed by atoms with Gasteiger partial charge in [0, 0.05) is 0 Å². The molecule has 2 aliphatic heterocycles. The van der Waals surface area contributed by atoms with E-state index in [9.17, 15) is 19.2 Å². The van der Waals surface area contributed by atoms with E-state index in [2.05, 4.69) is 0 Å². The lowest BCUT2D eigenvalue weighted by molar-refractivity contribution is 0.0610. The predicted octanol–water partition coefficient (Wildman–Crippen LogP) is 0.655. The first kappa shape index (κ1) is 18.8. The number of rotatable bonds is 6. The highest BCUT2D eigenvalue weighted by Crippen LogP contribution is 2.32. The zero-order valence-electron chi connectivity index (χ0n) is 15.1. The maximum absolute atomic E-state index is 12.4. The number of hydrogen-bond acceptors (Lipinski definition) is 7. The van der Waals surface area contributed by atoms with Crippen molar-refractivity contribution in [2.75, 3.05) is 26.3 Å². The van der Waals surface area contributed by atoms with Gasteiger partial charge in [-0.3, -0.25) is 29.0 Å². The molecule has 2 aromatic rings. The van der Waals surface area contributed by atoms with Gasteiger partial charge in [-0.25, -0.2) is 0 Å². The van der Waals surface area contributed by atoms with Crippen molar-refractivity contribution in [2.45, 2.75) is 0 Å². The molecule has 2 N–H and O–H groups in total. The number of benzene rings is 2. The number of imide groups is 2. The molecule has 2 aromatic carbocycles. The Labute approximate surface area is 164 Å². The van der Waals surface area contributed by atoms with Crippen LogP contribution >= 0.6 is 0 Å². The molecule has 2 heterocycles. The Morgan fingerprint density at radius 3 is 1.38 bits per heavy atom. The van der Waals surface area contributed by atoms with Crippen molar-refractivity contribution in [3.8, 4) is 11.5 Å². The van der Waals surface area contributed by atoms with Gasteiger partial charge in [0.15, 0.2) is 0 Å². The van der Waals surface area contributed by atoms with Crippen molar-refractivity contribution in [3.63, 3.8) is 0 Å². The molecule has 4 rings (SSSR count). The second-order valence-corrected chi connectivity index (χ2v) is 6.49. The van der Waals surface area contributed by atoms with Gasteiger partial charge < -0.3 is 14.9 Å². The van der Waals surface area contributed by atoms with Crippen LogP contribution in [-0.2, 0) is 0 Å². The number of ether oxygens (including phenoxy) is 1. The first-order chi connectivity index (χ1) is 14.0. The van der Waals surface area contributed by atoms with Gasteiger partial charge in [0.1, 0.15) is 11.5 Å². The Balaban J connectivity index is 1.60. The highest BCUT2D eigenvalue weighted by atomic mass is 16.5. The quantitative estimate of drug-likeness (QED) is 0.687. The van der Waals surface area contributed by atoms with Crippen LogP contribution in [0.5, 0.6) is 11.5 Å². The van der Waals surface area contributed by atoms with Crippen LogP contribution in [0.1, 0.15) is 41.4 Å². The average Bonchev–Trinajstić information content (AvgIpc) is 3.09. The molecule has 0 radical (unpaired) electrons. The third kappa shape index (κ3) is 2.96. The molecule has 0 unspecified atom stereocenters. The molecule has 0 atom stereocenters. The van der Waals surface area contributed by atoms with Crippen LogP contribution < -0.4 is 4.74 Å². The van der Waals surface area contributed by atoms with Gasteiger partial charge in [-0.05, 0) is 36.4 Å². The summed E-state index contributed by atoms with van der Waals surface area (Å²) >= 11 is 0.